The van der Waals surface area contributed by atoms with Crippen molar-refractivity contribution < 1.29 is 9.53 Å². The Morgan fingerprint density at radius 2 is 2.12 bits per heavy atom. The topological polar surface area (TPSA) is 55.6 Å². The van der Waals surface area contributed by atoms with E-state index in [4.69, 9.17) is 10.5 Å². The van der Waals surface area contributed by atoms with Crippen molar-refractivity contribution in [1.82, 2.24) is 4.90 Å². The summed E-state index contributed by atoms with van der Waals surface area (Å²) in [6.45, 7) is 7.43. The minimum atomic E-state index is -0.448. The predicted molar refractivity (Wildman–Crippen MR) is 68.7 cm³/mol. The highest BCUT2D eigenvalue weighted by Crippen LogP contribution is 2.20. The molecule has 1 aliphatic rings. The molecule has 0 saturated carbocycles. The first kappa shape index (κ1) is 14.5. The molecular formula is C13H26N2O2. The van der Waals surface area contributed by atoms with E-state index in [0.717, 1.165) is 19.4 Å². The van der Waals surface area contributed by atoms with Crippen LogP contribution in [-0.4, -0.2) is 43.2 Å². The van der Waals surface area contributed by atoms with Gasteiger partial charge < -0.3 is 15.4 Å². The number of carbonyl (C=O) groups is 1. The van der Waals surface area contributed by atoms with Crippen LogP contribution in [0.2, 0.25) is 0 Å². The van der Waals surface area contributed by atoms with Crippen LogP contribution in [0, 0.1) is 5.41 Å². The average Bonchev–Trinajstić information content (AvgIpc) is 2.27. The third-order valence-corrected chi connectivity index (χ3v) is 3.33. The van der Waals surface area contributed by atoms with Crippen molar-refractivity contribution in [3.63, 3.8) is 0 Å². The average molecular weight is 242 g/mol. The van der Waals surface area contributed by atoms with Gasteiger partial charge in [0.1, 0.15) is 0 Å². The first-order valence-corrected chi connectivity index (χ1v) is 6.44. The number of nitrogens with two attached hydrogens (primary N) is 1. The summed E-state index contributed by atoms with van der Waals surface area (Å²) in [5.41, 5.74) is 5.77. The van der Waals surface area contributed by atoms with Crippen molar-refractivity contribution in [3.05, 3.63) is 0 Å². The van der Waals surface area contributed by atoms with Gasteiger partial charge in [-0.05, 0) is 24.7 Å². The molecule has 0 aromatic heterocycles. The fourth-order valence-corrected chi connectivity index (χ4v) is 1.95. The third kappa shape index (κ3) is 4.28. The monoisotopic (exact) mass is 242 g/mol. The lowest BCUT2D eigenvalue weighted by Gasteiger charge is -2.32. The van der Waals surface area contributed by atoms with Gasteiger partial charge in [-0.25, -0.2) is 0 Å². The Morgan fingerprint density at radius 1 is 1.47 bits per heavy atom. The van der Waals surface area contributed by atoms with Crippen LogP contribution < -0.4 is 5.73 Å². The van der Waals surface area contributed by atoms with Crippen molar-refractivity contribution in [2.75, 3.05) is 20.2 Å². The van der Waals surface area contributed by atoms with Gasteiger partial charge in [0.05, 0.1) is 12.1 Å². The van der Waals surface area contributed by atoms with E-state index in [1.807, 2.05) is 27.8 Å². The van der Waals surface area contributed by atoms with Gasteiger partial charge in [0, 0.05) is 20.2 Å². The molecule has 2 N–H and O–H groups in total. The second-order valence-electron chi connectivity index (χ2n) is 6.05. The summed E-state index contributed by atoms with van der Waals surface area (Å²) in [7, 11) is 1.81. The van der Waals surface area contributed by atoms with E-state index in [1.54, 1.807) is 4.90 Å². The second kappa shape index (κ2) is 5.83. The van der Waals surface area contributed by atoms with Gasteiger partial charge in [-0.3, -0.25) is 4.79 Å². The van der Waals surface area contributed by atoms with Gasteiger partial charge in [-0.2, -0.15) is 0 Å². The molecule has 4 nitrogen and oxygen atoms in total. The SMILES string of the molecule is CN(CC1CCCCO1)C(=O)[C@@H](N)C(C)(C)C. The Morgan fingerprint density at radius 3 is 2.59 bits per heavy atom. The highest BCUT2D eigenvalue weighted by Gasteiger charge is 2.30. The van der Waals surface area contributed by atoms with E-state index in [9.17, 15) is 4.79 Å². The highest BCUT2D eigenvalue weighted by atomic mass is 16.5. The zero-order valence-electron chi connectivity index (χ0n) is 11.5. The molecule has 1 aliphatic heterocycles. The molecule has 0 spiro atoms. The number of ether oxygens (including phenoxy) is 1. The van der Waals surface area contributed by atoms with Crippen LogP contribution in [0.5, 0.6) is 0 Å². The van der Waals surface area contributed by atoms with Crippen LogP contribution in [-0.2, 0) is 9.53 Å². The van der Waals surface area contributed by atoms with Crippen molar-refractivity contribution in [2.24, 2.45) is 11.1 Å². The molecule has 100 valence electrons. The third-order valence-electron chi connectivity index (χ3n) is 3.33. The smallest absolute Gasteiger partial charge is 0.239 e. The number of likely N-dealkylation sites (N-methyl/N-ethyl adjacent to an activating group) is 1. The quantitative estimate of drug-likeness (QED) is 0.813. The molecule has 1 heterocycles. The molecule has 0 aliphatic carbocycles. The zero-order chi connectivity index (χ0) is 13.1. The maximum Gasteiger partial charge on any atom is 0.239 e. The van der Waals surface area contributed by atoms with Crippen LogP contribution in [0.25, 0.3) is 0 Å². The van der Waals surface area contributed by atoms with Gasteiger partial charge in [0.2, 0.25) is 5.91 Å². The van der Waals surface area contributed by atoms with E-state index in [2.05, 4.69) is 0 Å². The fourth-order valence-electron chi connectivity index (χ4n) is 1.95. The van der Waals surface area contributed by atoms with Crippen molar-refractivity contribution >= 4 is 5.91 Å². The summed E-state index contributed by atoms with van der Waals surface area (Å²) in [6, 6.07) is -0.448. The van der Waals surface area contributed by atoms with Gasteiger partial charge in [0.15, 0.2) is 0 Å². The number of hydrogen-bond acceptors (Lipinski definition) is 3. The van der Waals surface area contributed by atoms with Crippen LogP contribution in [0.15, 0.2) is 0 Å². The van der Waals surface area contributed by atoms with E-state index in [0.29, 0.717) is 6.54 Å². The van der Waals surface area contributed by atoms with Crippen molar-refractivity contribution in [3.8, 4) is 0 Å². The molecule has 1 amide bonds. The van der Waals surface area contributed by atoms with E-state index < -0.39 is 6.04 Å². The highest BCUT2D eigenvalue weighted by molar-refractivity contribution is 5.82. The summed E-state index contributed by atoms with van der Waals surface area (Å²) in [5.74, 6) is 0.00618. The Labute approximate surface area is 104 Å². The lowest BCUT2D eigenvalue weighted by molar-refractivity contribution is -0.136. The molecular weight excluding hydrogens is 216 g/mol. The molecule has 0 bridgehead atoms. The normalized spacial score (nSPS) is 23.2. The van der Waals surface area contributed by atoms with E-state index in [-0.39, 0.29) is 17.4 Å². The zero-order valence-corrected chi connectivity index (χ0v) is 11.5. The fraction of sp³-hybridized carbons (Fsp3) is 0.923. The Hall–Kier alpha value is -0.610. The molecule has 2 atom stereocenters. The minimum absolute atomic E-state index is 0.00618. The molecule has 1 fully saturated rings. The first-order chi connectivity index (χ1) is 7.82. The summed E-state index contributed by atoms with van der Waals surface area (Å²) in [5, 5.41) is 0. The lowest BCUT2D eigenvalue weighted by atomic mass is 9.86. The van der Waals surface area contributed by atoms with Gasteiger partial charge in [0.25, 0.3) is 0 Å². The molecule has 0 aromatic rings. The van der Waals surface area contributed by atoms with Crippen LogP contribution in [0.3, 0.4) is 0 Å². The molecule has 4 heteroatoms. The number of carbonyl (C=O) groups excluding carboxylic acids is 1. The standard InChI is InChI=1S/C13H26N2O2/c1-13(2,3)11(14)12(16)15(4)9-10-7-5-6-8-17-10/h10-11H,5-9,14H2,1-4H3/t10?,11-/m1/s1. The Bertz CT molecular complexity index is 255. The summed E-state index contributed by atoms with van der Waals surface area (Å²) in [4.78, 5) is 13.8. The van der Waals surface area contributed by atoms with Crippen molar-refractivity contribution in [2.45, 2.75) is 52.2 Å². The Balaban J connectivity index is 2.46. The number of nitrogens with zero attached hydrogens (tertiary/aromatic N) is 1. The molecule has 1 saturated heterocycles. The maximum atomic E-state index is 12.1. The largest absolute Gasteiger partial charge is 0.376 e. The summed E-state index contributed by atoms with van der Waals surface area (Å²) >= 11 is 0. The summed E-state index contributed by atoms with van der Waals surface area (Å²) in [6.07, 6.45) is 3.56. The number of hydrogen-bond donors (Lipinski definition) is 1. The molecule has 1 rings (SSSR count). The first-order valence-electron chi connectivity index (χ1n) is 6.44. The second-order valence-corrected chi connectivity index (χ2v) is 6.05. The van der Waals surface area contributed by atoms with Crippen molar-refractivity contribution in [1.29, 1.82) is 0 Å². The van der Waals surface area contributed by atoms with E-state index in [1.165, 1.54) is 6.42 Å². The minimum Gasteiger partial charge on any atom is -0.376 e. The molecule has 0 radical (unpaired) electrons. The summed E-state index contributed by atoms with van der Waals surface area (Å²) < 4.78 is 5.63. The number of rotatable bonds is 3. The van der Waals surface area contributed by atoms with E-state index >= 15 is 0 Å². The molecule has 17 heavy (non-hydrogen) atoms. The molecule has 0 aromatic carbocycles. The van der Waals surface area contributed by atoms with Gasteiger partial charge >= 0.3 is 0 Å². The van der Waals surface area contributed by atoms with Gasteiger partial charge in [-0.1, -0.05) is 20.8 Å². The van der Waals surface area contributed by atoms with Crippen LogP contribution in [0.1, 0.15) is 40.0 Å². The van der Waals surface area contributed by atoms with Crippen LogP contribution >= 0.6 is 0 Å². The number of amides is 1. The maximum absolute atomic E-state index is 12.1. The Kier molecular flexibility index (Phi) is 4.95. The van der Waals surface area contributed by atoms with Crippen LogP contribution in [0.4, 0.5) is 0 Å². The molecule has 1 unspecified atom stereocenters. The van der Waals surface area contributed by atoms with Gasteiger partial charge in [-0.15, -0.1) is 0 Å². The predicted octanol–water partition coefficient (Wildman–Crippen LogP) is 1.39. The lowest BCUT2D eigenvalue weighted by Crippen LogP contribution is -2.51.